The van der Waals surface area contributed by atoms with Crippen molar-refractivity contribution in [3.63, 3.8) is 0 Å². The predicted molar refractivity (Wildman–Crippen MR) is 122 cm³/mol. The van der Waals surface area contributed by atoms with Crippen LogP contribution in [0.15, 0.2) is 70.3 Å². The number of aromatic nitrogens is 1. The van der Waals surface area contributed by atoms with Gasteiger partial charge in [-0.05, 0) is 43.3 Å². The van der Waals surface area contributed by atoms with Gasteiger partial charge >= 0.3 is 23.6 Å². The van der Waals surface area contributed by atoms with Gasteiger partial charge in [0, 0.05) is 11.9 Å². The van der Waals surface area contributed by atoms with Crippen LogP contribution in [0, 0.1) is 6.92 Å². The monoisotopic (exact) mass is 462 g/mol. The summed E-state index contributed by atoms with van der Waals surface area (Å²) in [6, 6.07) is 15.4. The molecule has 0 saturated heterocycles. The van der Waals surface area contributed by atoms with Crippen molar-refractivity contribution < 1.29 is 23.6 Å². The van der Waals surface area contributed by atoms with Crippen molar-refractivity contribution in [1.82, 2.24) is 21.0 Å². The van der Waals surface area contributed by atoms with Crippen molar-refractivity contribution in [1.29, 1.82) is 0 Å². The van der Waals surface area contributed by atoms with Gasteiger partial charge in [0.1, 0.15) is 11.5 Å². The number of amides is 4. The van der Waals surface area contributed by atoms with Crippen LogP contribution >= 0.6 is 0 Å². The molecule has 4 N–H and O–H groups in total. The van der Waals surface area contributed by atoms with E-state index in [0.29, 0.717) is 17.1 Å². The lowest BCUT2D eigenvalue weighted by Gasteiger charge is -2.05. The van der Waals surface area contributed by atoms with Crippen LogP contribution in [0.25, 0.3) is 0 Å². The number of rotatable bonds is 7. The van der Waals surface area contributed by atoms with Gasteiger partial charge in [-0.2, -0.15) is 5.10 Å². The highest BCUT2D eigenvalue weighted by Gasteiger charge is 2.14. The van der Waals surface area contributed by atoms with Gasteiger partial charge in [0.2, 0.25) is 0 Å². The van der Waals surface area contributed by atoms with Gasteiger partial charge in [0.05, 0.1) is 25.0 Å². The van der Waals surface area contributed by atoms with E-state index in [9.17, 15) is 19.2 Å². The summed E-state index contributed by atoms with van der Waals surface area (Å²) in [5.41, 5.74) is 4.23. The molecule has 174 valence electrons. The summed E-state index contributed by atoms with van der Waals surface area (Å²) >= 11 is 0. The number of benzene rings is 1. The fourth-order valence-corrected chi connectivity index (χ4v) is 2.59. The molecule has 0 spiro atoms. The highest BCUT2D eigenvalue weighted by atomic mass is 16.3. The van der Waals surface area contributed by atoms with E-state index in [1.54, 1.807) is 48.7 Å². The molecule has 0 fully saturated rings. The van der Waals surface area contributed by atoms with E-state index in [0.717, 1.165) is 5.56 Å². The van der Waals surface area contributed by atoms with Crippen LogP contribution in [0.2, 0.25) is 0 Å². The third kappa shape index (κ3) is 7.41. The van der Waals surface area contributed by atoms with Gasteiger partial charge in [0.25, 0.3) is 0 Å². The Hall–Kier alpha value is -4.80. The number of carbonyl (C=O) groups is 4. The summed E-state index contributed by atoms with van der Waals surface area (Å²) in [6.45, 7) is 1.99. The predicted octanol–water partition coefficient (Wildman–Crippen LogP) is 1.00. The first-order chi connectivity index (χ1) is 16.4. The average molecular weight is 462 g/mol. The van der Waals surface area contributed by atoms with Gasteiger partial charge in [-0.25, -0.2) is 5.43 Å². The molecular weight excluding hydrogens is 440 g/mol. The minimum atomic E-state index is -0.953. The van der Waals surface area contributed by atoms with Gasteiger partial charge in [-0.1, -0.05) is 23.8 Å². The molecule has 2 heterocycles. The topological polar surface area (TPSA) is 155 Å². The molecule has 4 amide bonds. The molecule has 3 aromatic rings. The fraction of sp³-hybridized carbons (Fsp3) is 0.130. The maximum absolute atomic E-state index is 12.0. The van der Waals surface area contributed by atoms with Gasteiger partial charge < -0.3 is 20.4 Å². The second kappa shape index (κ2) is 11.7. The van der Waals surface area contributed by atoms with Crippen LogP contribution < -0.4 is 21.4 Å². The number of aryl methyl sites for hydroxylation is 1. The van der Waals surface area contributed by atoms with Crippen molar-refractivity contribution in [2.75, 3.05) is 5.32 Å². The zero-order valence-electron chi connectivity index (χ0n) is 18.2. The summed E-state index contributed by atoms with van der Waals surface area (Å²) in [5.74, 6) is -2.82. The maximum Gasteiger partial charge on any atom is 0.329 e. The molecule has 3 rings (SSSR count). The fourth-order valence-electron chi connectivity index (χ4n) is 2.59. The molecule has 0 aliphatic carbocycles. The SMILES string of the molecule is Cc1ccc(NC(=O)C(=O)NCc2ccc(/C=N/NC(=O)C(=O)NCc3ccccn3)o2)cc1. The Bertz CT molecular complexity index is 1190. The second-order valence-electron chi connectivity index (χ2n) is 7.01. The van der Waals surface area contributed by atoms with Gasteiger partial charge in [-0.3, -0.25) is 24.2 Å². The summed E-state index contributed by atoms with van der Waals surface area (Å²) in [6.07, 6.45) is 2.77. The summed E-state index contributed by atoms with van der Waals surface area (Å²) in [7, 11) is 0. The summed E-state index contributed by atoms with van der Waals surface area (Å²) < 4.78 is 5.44. The maximum atomic E-state index is 12.0. The molecule has 2 aromatic heterocycles. The van der Waals surface area contributed by atoms with Gasteiger partial charge in [0.15, 0.2) is 0 Å². The number of anilines is 1. The normalized spacial score (nSPS) is 10.5. The number of pyridine rings is 1. The highest BCUT2D eigenvalue weighted by Crippen LogP contribution is 2.09. The average Bonchev–Trinajstić information content (AvgIpc) is 3.30. The molecule has 0 unspecified atom stereocenters. The lowest BCUT2D eigenvalue weighted by Crippen LogP contribution is -2.37. The standard InChI is InChI=1S/C23H22N6O5/c1-15-5-7-16(8-6-15)28-22(32)20(30)26-13-18-9-10-19(34-18)14-27-29-23(33)21(31)25-12-17-4-2-3-11-24-17/h2-11,14H,12-13H2,1H3,(H,25,31)(H,26,30)(H,28,32)(H,29,33)/b27-14+. The van der Waals surface area contributed by atoms with Gasteiger partial charge in [-0.15, -0.1) is 0 Å². The van der Waals surface area contributed by atoms with E-state index in [1.165, 1.54) is 6.21 Å². The Labute approximate surface area is 194 Å². The number of nitrogens with zero attached hydrogens (tertiary/aromatic N) is 2. The number of hydrogen-bond donors (Lipinski definition) is 4. The van der Waals surface area contributed by atoms with Crippen LogP contribution in [0.3, 0.4) is 0 Å². The second-order valence-corrected chi connectivity index (χ2v) is 7.01. The van der Waals surface area contributed by atoms with Crippen LogP contribution in [0.1, 0.15) is 22.8 Å². The van der Waals surface area contributed by atoms with E-state index in [4.69, 9.17) is 4.42 Å². The van der Waals surface area contributed by atoms with E-state index in [2.05, 4.69) is 31.5 Å². The smallest absolute Gasteiger partial charge is 0.329 e. The van der Waals surface area contributed by atoms with Crippen molar-refractivity contribution in [2.45, 2.75) is 20.0 Å². The van der Waals surface area contributed by atoms with Crippen LogP contribution in [-0.4, -0.2) is 34.8 Å². The molecule has 0 saturated carbocycles. The van der Waals surface area contributed by atoms with E-state index in [1.807, 2.05) is 19.1 Å². The molecule has 0 atom stereocenters. The molecular formula is C23H22N6O5. The number of furan rings is 1. The first-order valence-electron chi connectivity index (χ1n) is 10.2. The zero-order valence-corrected chi connectivity index (χ0v) is 18.2. The Morgan fingerprint density at radius 2 is 1.62 bits per heavy atom. The van der Waals surface area contributed by atoms with Crippen LogP contribution in [0.4, 0.5) is 5.69 Å². The molecule has 0 aliphatic rings. The van der Waals surface area contributed by atoms with Crippen molar-refractivity contribution in [3.8, 4) is 0 Å². The first kappa shape index (κ1) is 23.9. The first-order valence-corrected chi connectivity index (χ1v) is 10.2. The Morgan fingerprint density at radius 1 is 0.882 bits per heavy atom. The molecule has 11 heteroatoms. The van der Waals surface area contributed by atoms with E-state index < -0.39 is 23.6 Å². The molecule has 1 aromatic carbocycles. The minimum absolute atomic E-state index is 0.0315. The zero-order chi connectivity index (χ0) is 24.3. The Morgan fingerprint density at radius 3 is 2.35 bits per heavy atom. The quantitative estimate of drug-likeness (QED) is 0.233. The lowest BCUT2D eigenvalue weighted by atomic mass is 10.2. The number of nitrogens with one attached hydrogen (secondary N) is 4. The third-order valence-electron chi connectivity index (χ3n) is 4.34. The van der Waals surface area contributed by atoms with Crippen LogP contribution in [-0.2, 0) is 32.3 Å². The molecule has 0 bridgehead atoms. The third-order valence-corrected chi connectivity index (χ3v) is 4.34. The number of carbonyl (C=O) groups excluding carboxylic acids is 4. The largest absolute Gasteiger partial charge is 0.458 e. The summed E-state index contributed by atoms with van der Waals surface area (Å²) in [4.78, 5) is 51.5. The van der Waals surface area contributed by atoms with Crippen molar-refractivity contribution in [3.05, 3.63) is 83.6 Å². The minimum Gasteiger partial charge on any atom is -0.458 e. The van der Waals surface area contributed by atoms with Crippen LogP contribution in [0.5, 0.6) is 0 Å². The lowest BCUT2D eigenvalue weighted by molar-refractivity contribution is -0.139. The van der Waals surface area contributed by atoms with E-state index in [-0.39, 0.29) is 18.8 Å². The molecule has 0 radical (unpaired) electrons. The molecule has 34 heavy (non-hydrogen) atoms. The Balaban J connectivity index is 1.39. The molecule has 11 nitrogen and oxygen atoms in total. The Kier molecular flexibility index (Phi) is 8.22. The number of hydrazone groups is 1. The van der Waals surface area contributed by atoms with Crippen molar-refractivity contribution >= 4 is 35.5 Å². The highest BCUT2D eigenvalue weighted by molar-refractivity contribution is 6.39. The summed E-state index contributed by atoms with van der Waals surface area (Å²) in [5, 5.41) is 11.0. The molecule has 0 aliphatic heterocycles. The number of hydrogen-bond acceptors (Lipinski definition) is 7. The van der Waals surface area contributed by atoms with Crippen molar-refractivity contribution in [2.24, 2.45) is 5.10 Å². The van der Waals surface area contributed by atoms with E-state index >= 15 is 0 Å².